The van der Waals surface area contributed by atoms with Crippen LogP contribution in [0.15, 0.2) is 82.6 Å². The topological polar surface area (TPSA) is 101 Å². The molecule has 0 heterocycles. The summed E-state index contributed by atoms with van der Waals surface area (Å²) in [5.41, 5.74) is 0.528. The predicted molar refractivity (Wildman–Crippen MR) is 120 cm³/mol. The quantitative estimate of drug-likeness (QED) is 0.294. The zero-order valence-electron chi connectivity index (χ0n) is 16.2. The molecule has 9 heteroatoms. The smallest absolute Gasteiger partial charge is 0.270 e. The number of carbonyl (C=O) groups excluding carboxylic acids is 2. The number of nitro groups is 1. The van der Waals surface area contributed by atoms with Crippen LogP contribution >= 0.6 is 23.4 Å². The molecule has 0 saturated heterocycles. The molecule has 158 valence electrons. The van der Waals surface area contributed by atoms with Crippen LogP contribution in [0.5, 0.6) is 0 Å². The van der Waals surface area contributed by atoms with Gasteiger partial charge >= 0.3 is 0 Å². The van der Waals surface area contributed by atoms with E-state index in [0.29, 0.717) is 15.5 Å². The number of amides is 2. The van der Waals surface area contributed by atoms with Crippen molar-refractivity contribution in [3.8, 4) is 0 Å². The van der Waals surface area contributed by atoms with Crippen molar-refractivity contribution in [2.45, 2.75) is 9.79 Å². The molecular formula is C22H18ClN3O4S. The number of rotatable bonds is 8. The molecule has 0 bridgehead atoms. The maximum atomic E-state index is 12.7. The van der Waals surface area contributed by atoms with Gasteiger partial charge in [0, 0.05) is 45.6 Å². The largest absolute Gasteiger partial charge is 0.350 e. The zero-order valence-corrected chi connectivity index (χ0v) is 17.8. The lowest BCUT2D eigenvalue weighted by atomic mass is 10.2. The molecule has 0 spiro atoms. The van der Waals surface area contributed by atoms with Crippen molar-refractivity contribution in [2.75, 3.05) is 13.1 Å². The van der Waals surface area contributed by atoms with Crippen molar-refractivity contribution < 1.29 is 14.5 Å². The fraction of sp³-hybridized carbons (Fsp3) is 0.0909. The van der Waals surface area contributed by atoms with E-state index in [-0.39, 0.29) is 30.2 Å². The van der Waals surface area contributed by atoms with Gasteiger partial charge in [0.2, 0.25) is 0 Å². The lowest BCUT2D eigenvalue weighted by molar-refractivity contribution is -0.384. The fourth-order valence-electron chi connectivity index (χ4n) is 2.67. The third-order valence-electron chi connectivity index (χ3n) is 4.19. The summed E-state index contributed by atoms with van der Waals surface area (Å²) in [6.45, 7) is 0.388. The zero-order chi connectivity index (χ0) is 22.2. The molecule has 0 atom stereocenters. The van der Waals surface area contributed by atoms with E-state index in [9.17, 15) is 19.7 Å². The Hall–Kier alpha value is -3.36. The summed E-state index contributed by atoms with van der Waals surface area (Å²) in [7, 11) is 0. The number of hydrogen-bond donors (Lipinski definition) is 2. The molecule has 0 aliphatic carbocycles. The van der Waals surface area contributed by atoms with E-state index in [2.05, 4.69) is 10.6 Å². The average molecular weight is 456 g/mol. The first kappa shape index (κ1) is 22.3. The molecular weight excluding hydrogens is 438 g/mol. The Labute approximate surface area is 188 Å². The maximum Gasteiger partial charge on any atom is 0.270 e. The monoisotopic (exact) mass is 455 g/mol. The summed E-state index contributed by atoms with van der Waals surface area (Å²) >= 11 is 7.21. The van der Waals surface area contributed by atoms with Crippen LogP contribution in [0.25, 0.3) is 0 Å². The molecule has 3 aromatic carbocycles. The first-order valence-electron chi connectivity index (χ1n) is 9.27. The summed E-state index contributed by atoms with van der Waals surface area (Å²) in [4.78, 5) is 36.8. The molecule has 0 unspecified atom stereocenters. The van der Waals surface area contributed by atoms with Crippen LogP contribution in [0, 0.1) is 10.1 Å². The van der Waals surface area contributed by atoms with Gasteiger partial charge in [-0.2, -0.15) is 0 Å². The number of benzene rings is 3. The number of non-ortho nitro benzene ring substituents is 1. The van der Waals surface area contributed by atoms with Crippen molar-refractivity contribution in [3.63, 3.8) is 0 Å². The Balaban J connectivity index is 1.66. The molecule has 0 fully saturated rings. The highest BCUT2D eigenvalue weighted by Crippen LogP contribution is 2.33. The van der Waals surface area contributed by atoms with Gasteiger partial charge in [-0.15, -0.1) is 0 Å². The SMILES string of the molecule is O=C(NCCNC(=O)c1cc([N+](=O)[O-])ccc1Sc1ccc(Cl)cc1)c1ccccc1. The Morgan fingerprint density at radius 1 is 0.903 bits per heavy atom. The van der Waals surface area contributed by atoms with Crippen molar-refractivity contribution >= 4 is 40.9 Å². The van der Waals surface area contributed by atoms with Crippen molar-refractivity contribution in [1.29, 1.82) is 0 Å². The van der Waals surface area contributed by atoms with Crippen molar-refractivity contribution in [3.05, 3.63) is 99.1 Å². The van der Waals surface area contributed by atoms with Crippen LogP contribution in [0.2, 0.25) is 5.02 Å². The second kappa shape index (κ2) is 10.6. The highest BCUT2D eigenvalue weighted by Gasteiger charge is 2.17. The normalized spacial score (nSPS) is 10.4. The first-order chi connectivity index (χ1) is 14.9. The summed E-state index contributed by atoms with van der Waals surface area (Å²) in [6.07, 6.45) is 0. The molecule has 0 radical (unpaired) electrons. The molecule has 7 nitrogen and oxygen atoms in total. The van der Waals surface area contributed by atoms with Gasteiger partial charge < -0.3 is 10.6 Å². The highest BCUT2D eigenvalue weighted by atomic mass is 35.5. The van der Waals surface area contributed by atoms with Crippen LogP contribution in [0.4, 0.5) is 5.69 Å². The van der Waals surface area contributed by atoms with Crippen LogP contribution in [0.3, 0.4) is 0 Å². The van der Waals surface area contributed by atoms with Gasteiger partial charge in [-0.1, -0.05) is 41.6 Å². The lowest BCUT2D eigenvalue weighted by Gasteiger charge is -2.11. The van der Waals surface area contributed by atoms with Crippen LogP contribution in [-0.2, 0) is 0 Å². The molecule has 3 rings (SSSR count). The van der Waals surface area contributed by atoms with Crippen LogP contribution < -0.4 is 10.6 Å². The Kier molecular flexibility index (Phi) is 7.64. The Morgan fingerprint density at radius 3 is 2.19 bits per heavy atom. The van der Waals surface area contributed by atoms with Gasteiger partial charge in [0.1, 0.15) is 0 Å². The summed E-state index contributed by atoms with van der Waals surface area (Å²) < 4.78 is 0. The Morgan fingerprint density at radius 2 is 1.55 bits per heavy atom. The van der Waals surface area contributed by atoms with Gasteiger partial charge in [0.05, 0.1) is 10.5 Å². The number of nitrogens with zero attached hydrogens (tertiary/aromatic N) is 1. The van der Waals surface area contributed by atoms with E-state index in [1.54, 1.807) is 54.6 Å². The standard InChI is InChI=1S/C22H18ClN3O4S/c23-16-6-9-18(10-7-16)31-20-11-8-17(26(29)30)14-19(20)22(28)25-13-12-24-21(27)15-4-2-1-3-5-15/h1-11,14H,12-13H2,(H,24,27)(H,25,28). The Bertz CT molecular complexity index is 1090. The average Bonchev–Trinajstić information content (AvgIpc) is 2.78. The minimum Gasteiger partial charge on any atom is -0.350 e. The number of halogens is 1. The van der Waals surface area contributed by atoms with E-state index in [1.165, 1.54) is 23.9 Å². The van der Waals surface area contributed by atoms with Gasteiger partial charge in [0.15, 0.2) is 0 Å². The highest BCUT2D eigenvalue weighted by molar-refractivity contribution is 7.99. The number of hydrogen-bond acceptors (Lipinski definition) is 5. The predicted octanol–water partition coefficient (Wildman–Crippen LogP) is 4.56. The minimum atomic E-state index is -0.548. The lowest BCUT2D eigenvalue weighted by Crippen LogP contribution is -2.34. The van der Waals surface area contributed by atoms with E-state index < -0.39 is 10.8 Å². The van der Waals surface area contributed by atoms with E-state index in [1.807, 2.05) is 6.07 Å². The molecule has 0 saturated carbocycles. The molecule has 3 aromatic rings. The number of nitrogens with one attached hydrogen (secondary N) is 2. The van der Waals surface area contributed by atoms with Crippen LogP contribution in [0.1, 0.15) is 20.7 Å². The molecule has 0 aliphatic heterocycles. The summed E-state index contributed by atoms with van der Waals surface area (Å²) in [6, 6.07) is 19.9. The minimum absolute atomic E-state index is 0.172. The first-order valence-corrected chi connectivity index (χ1v) is 10.5. The fourth-order valence-corrected chi connectivity index (χ4v) is 3.72. The van der Waals surface area contributed by atoms with E-state index >= 15 is 0 Å². The maximum absolute atomic E-state index is 12.7. The van der Waals surface area contributed by atoms with Gasteiger partial charge in [0.25, 0.3) is 17.5 Å². The van der Waals surface area contributed by atoms with Crippen molar-refractivity contribution in [2.24, 2.45) is 0 Å². The van der Waals surface area contributed by atoms with E-state index in [0.717, 1.165) is 4.90 Å². The number of carbonyl (C=O) groups is 2. The van der Waals surface area contributed by atoms with E-state index in [4.69, 9.17) is 11.6 Å². The molecule has 2 N–H and O–H groups in total. The third-order valence-corrected chi connectivity index (χ3v) is 5.53. The van der Waals surface area contributed by atoms with Crippen LogP contribution in [-0.4, -0.2) is 29.8 Å². The summed E-state index contributed by atoms with van der Waals surface area (Å²) in [5.74, 6) is -0.710. The second-order valence-electron chi connectivity index (χ2n) is 6.37. The van der Waals surface area contributed by atoms with Gasteiger partial charge in [-0.25, -0.2) is 0 Å². The molecule has 0 aromatic heterocycles. The van der Waals surface area contributed by atoms with Gasteiger partial charge in [-0.05, 0) is 42.5 Å². The summed E-state index contributed by atoms with van der Waals surface area (Å²) in [5, 5.41) is 17.2. The molecule has 31 heavy (non-hydrogen) atoms. The number of nitro benzene ring substituents is 1. The van der Waals surface area contributed by atoms with Gasteiger partial charge in [-0.3, -0.25) is 19.7 Å². The third kappa shape index (κ3) is 6.31. The second-order valence-corrected chi connectivity index (χ2v) is 7.92. The molecule has 0 aliphatic rings. The molecule has 2 amide bonds. The van der Waals surface area contributed by atoms with Crippen molar-refractivity contribution in [1.82, 2.24) is 10.6 Å².